The second-order valence-corrected chi connectivity index (χ2v) is 7.11. The Morgan fingerprint density at radius 2 is 2.05 bits per heavy atom. The molecule has 0 saturated carbocycles. The molecule has 1 aromatic heterocycles. The van der Waals surface area contributed by atoms with Gasteiger partial charge in [0.05, 0.1) is 11.9 Å². The van der Waals surface area contributed by atoms with Gasteiger partial charge in [0, 0.05) is 16.6 Å². The molecule has 6 nitrogen and oxygen atoms in total. The first-order chi connectivity index (χ1) is 9.31. The number of sulfonamides is 1. The molecular weight excluding hydrogens is 344 g/mol. The van der Waals surface area contributed by atoms with Crippen LogP contribution in [0, 0.1) is 0 Å². The van der Waals surface area contributed by atoms with Crippen molar-refractivity contribution in [1.29, 1.82) is 0 Å². The third kappa shape index (κ3) is 2.96. The van der Waals surface area contributed by atoms with Crippen LogP contribution in [-0.2, 0) is 10.0 Å². The Morgan fingerprint density at radius 1 is 1.35 bits per heavy atom. The SMILES string of the molecule is CC(C)n1nccc1NS(=O)(=O)c1cc(Br)ccc1N. The summed E-state index contributed by atoms with van der Waals surface area (Å²) in [6, 6.07) is 6.34. The molecule has 108 valence electrons. The summed E-state index contributed by atoms with van der Waals surface area (Å²) in [5.41, 5.74) is 5.93. The molecule has 0 aliphatic rings. The number of nitrogens with two attached hydrogens (primary N) is 1. The maximum absolute atomic E-state index is 12.4. The van der Waals surface area contributed by atoms with Gasteiger partial charge in [0.2, 0.25) is 0 Å². The van der Waals surface area contributed by atoms with E-state index in [1.54, 1.807) is 29.1 Å². The maximum Gasteiger partial charge on any atom is 0.265 e. The summed E-state index contributed by atoms with van der Waals surface area (Å²) in [4.78, 5) is 0.0309. The first kappa shape index (κ1) is 14.9. The minimum Gasteiger partial charge on any atom is -0.398 e. The highest BCUT2D eigenvalue weighted by molar-refractivity contribution is 9.10. The van der Waals surface area contributed by atoms with Crippen molar-refractivity contribution in [2.24, 2.45) is 0 Å². The summed E-state index contributed by atoms with van der Waals surface area (Å²) >= 11 is 3.24. The third-order valence-electron chi connectivity index (χ3n) is 2.66. The molecule has 8 heteroatoms. The number of anilines is 2. The normalized spacial score (nSPS) is 11.8. The van der Waals surface area contributed by atoms with Crippen LogP contribution in [0.5, 0.6) is 0 Å². The lowest BCUT2D eigenvalue weighted by Crippen LogP contribution is -2.18. The minimum absolute atomic E-state index is 0.0309. The monoisotopic (exact) mass is 358 g/mol. The molecule has 2 aromatic rings. The van der Waals surface area contributed by atoms with Gasteiger partial charge in [-0.05, 0) is 32.0 Å². The predicted octanol–water partition coefficient (Wildman–Crippen LogP) is 2.61. The van der Waals surface area contributed by atoms with E-state index >= 15 is 0 Å². The molecular formula is C12H15BrN4O2S. The summed E-state index contributed by atoms with van der Waals surface area (Å²) in [6.45, 7) is 3.83. The van der Waals surface area contributed by atoms with Gasteiger partial charge in [0.15, 0.2) is 0 Å². The topological polar surface area (TPSA) is 90.0 Å². The number of nitrogens with one attached hydrogen (secondary N) is 1. The summed E-state index contributed by atoms with van der Waals surface area (Å²) in [5.74, 6) is 0.402. The average Bonchev–Trinajstić information content (AvgIpc) is 2.79. The molecule has 2 rings (SSSR count). The van der Waals surface area contributed by atoms with Crippen LogP contribution in [0.3, 0.4) is 0 Å². The fraction of sp³-hybridized carbons (Fsp3) is 0.250. The first-order valence-corrected chi connectivity index (χ1v) is 8.20. The van der Waals surface area contributed by atoms with E-state index in [0.29, 0.717) is 10.3 Å². The molecule has 0 radical (unpaired) electrons. The van der Waals surface area contributed by atoms with E-state index in [-0.39, 0.29) is 16.6 Å². The maximum atomic E-state index is 12.4. The minimum atomic E-state index is -3.76. The van der Waals surface area contributed by atoms with Crippen molar-refractivity contribution in [3.63, 3.8) is 0 Å². The van der Waals surface area contributed by atoms with Crippen LogP contribution >= 0.6 is 15.9 Å². The molecule has 1 heterocycles. The van der Waals surface area contributed by atoms with Gasteiger partial charge in [-0.2, -0.15) is 5.10 Å². The number of aromatic nitrogens is 2. The fourth-order valence-electron chi connectivity index (χ4n) is 1.74. The molecule has 20 heavy (non-hydrogen) atoms. The molecule has 3 N–H and O–H groups in total. The number of hydrogen-bond donors (Lipinski definition) is 2. The van der Waals surface area contributed by atoms with Gasteiger partial charge in [-0.25, -0.2) is 13.1 Å². The molecule has 0 atom stereocenters. The third-order valence-corrected chi connectivity index (χ3v) is 4.57. The van der Waals surface area contributed by atoms with Crippen LogP contribution in [0.15, 0.2) is 39.8 Å². The van der Waals surface area contributed by atoms with E-state index < -0.39 is 10.0 Å². The largest absolute Gasteiger partial charge is 0.398 e. The van der Waals surface area contributed by atoms with E-state index in [1.165, 1.54) is 6.07 Å². The van der Waals surface area contributed by atoms with E-state index in [0.717, 1.165) is 0 Å². The summed E-state index contributed by atoms with van der Waals surface area (Å²) < 4.78 is 29.5. The zero-order valence-electron chi connectivity index (χ0n) is 11.0. The average molecular weight is 359 g/mol. The molecule has 0 bridgehead atoms. The Balaban J connectivity index is 2.41. The van der Waals surface area contributed by atoms with Gasteiger partial charge in [0.1, 0.15) is 10.7 Å². The Bertz CT molecular complexity index is 725. The van der Waals surface area contributed by atoms with Gasteiger partial charge in [-0.15, -0.1) is 0 Å². The lowest BCUT2D eigenvalue weighted by atomic mass is 10.3. The number of hydrogen-bond acceptors (Lipinski definition) is 4. The van der Waals surface area contributed by atoms with Crippen LogP contribution in [0.25, 0.3) is 0 Å². The summed E-state index contributed by atoms with van der Waals surface area (Å²) in [5, 5.41) is 4.08. The highest BCUT2D eigenvalue weighted by Gasteiger charge is 2.20. The number of halogens is 1. The van der Waals surface area contributed by atoms with Crippen LogP contribution in [0.2, 0.25) is 0 Å². The molecule has 0 saturated heterocycles. The van der Waals surface area contributed by atoms with E-state index in [4.69, 9.17) is 5.73 Å². The molecule has 0 aliphatic heterocycles. The zero-order chi connectivity index (χ0) is 14.9. The highest BCUT2D eigenvalue weighted by Crippen LogP contribution is 2.25. The molecule has 0 fully saturated rings. The molecule has 0 spiro atoms. The van der Waals surface area contributed by atoms with Crippen molar-refractivity contribution in [1.82, 2.24) is 9.78 Å². The van der Waals surface area contributed by atoms with Crippen LogP contribution < -0.4 is 10.5 Å². The lowest BCUT2D eigenvalue weighted by molar-refractivity contribution is 0.539. The zero-order valence-corrected chi connectivity index (χ0v) is 13.4. The van der Waals surface area contributed by atoms with Gasteiger partial charge in [-0.1, -0.05) is 15.9 Å². The van der Waals surface area contributed by atoms with Gasteiger partial charge in [-0.3, -0.25) is 4.72 Å². The van der Waals surface area contributed by atoms with E-state index in [1.807, 2.05) is 13.8 Å². The second kappa shape index (κ2) is 5.45. The Kier molecular flexibility index (Phi) is 4.05. The van der Waals surface area contributed by atoms with Gasteiger partial charge >= 0.3 is 0 Å². The molecule has 1 aromatic carbocycles. The Labute approximate surface area is 126 Å². The first-order valence-electron chi connectivity index (χ1n) is 5.92. The quantitative estimate of drug-likeness (QED) is 0.821. The Morgan fingerprint density at radius 3 is 2.70 bits per heavy atom. The van der Waals surface area contributed by atoms with Crippen molar-refractivity contribution in [2.45, 2.75) is 24.8 Å². The van der Waals surface area contributed by atoms with Crippen LogP contribution in [-0.4, -0.2) is 18.2 Å². The number of benzene rings is 1. The van der Waals surface area contributed by atoms with Crippen molar-refractivity contribution in [2.75, 3.05) is 10.5 Å². The van der Waals surface area contributed by atoms with Gasteiger partial charge < -0.3 is 5.73 Å². The summed E-state index contributed by atoms with van der Waals surface area (Å²) in [6.07, 6.45) is 1.54. The lowest BCUT2D eigenvalue weighted by Gasteiger charge is -2.14. The smallest absolute Gasteiger partial charge is 0.265 e. The van der Waals surface area contributed by atoms with Crippen LogP contribution in [0.4, 0.5) is 11.5 Å². The van der Waals surface area contributed by atoms with Gasteiger partial charge in [0.25, 0.3) is 10.0 Å². The molecule has 0 aliphatic carbocycles. The Hall–Kier alpha value is -1.54. The second-order valence-electron chi connectivity index (χ2n) is 4.54. The van der Waals surface area contributed by atoms with Crippen molar-refractivity contribution >= 4 is 37.5 Å². The van der Waals surface area contributed by atoms with Crippen molar-refractivity contribution < 1.29 is 8.42 Å². The fourth-order valence-corrected chi connectivity index (χ4v) is 3.46. The van der Waals surface area contributed by atoms with Crippen molar-refractivity contribution in [3.8, 4) is 0 Å². The van der Waals surface area contributed by atoms with E-state index in [9.17, 15) is 8.42 Å². The van der Waals surface area contributed by atoms with E-state index in [2.05, 4.69) is 25.8 Å². The van der Waals surface area contributed by atoms with Crippen LogP contribution in [0.1, 0.15) is 19.9 Å². The number of rotatable bonds is 4. The standard InChI is InChI=1S/C12H15BrN4O2S/c1-8(2)17-12(5-6-15-17)16-20(18,19)11-7-9(13)3-4-10(11)14/h3-8,16H,14H2,1-2H3. The molecule has 0 amide bonds. The predicted molar refractivity (Wildman–Crippen MR) is 82.0 cm³/mol. The molecule has 0 unspecified atom stereocenters. The number of nitrogens with zero attached hydrogens (tertiary/aromatic N) is 2. The van der Waals surface area contributed by atoms with Crippen molar-refractivity contribution in [3.05, 3.63) is 34.9 Å². The number of nitrogen functional groups attached to an aromatic ring is 1. The highest BCUT2D eigenvalue weighted by atomic mass is 79.9. The summed E-state index contributed by atoms with van der Waals surface area (Å²) in [7, 11) is -3.76.